The molecule has 1 amide bonds. The van der Waals surface area contributed by atoms with E-state index in [1.165, 1.54) is 22.9 Å². The zero-order chi connectivity index (χ0) is 18.7. The van der Waals surface area contributed by atoms with Crippen LogP contribution in [0, 0.1) is 17.0 Å². The zero-order valence-electron chi connectivity index (χ0n) is 14.3. The van der Waals surface area contributed by atoms with E-state index in [1.54, 1.807) is 25.2 Å². The number of carbonyl (C=O) groups excluding carboxylic acids is 1. The van der Waals surface area contributed by atoms with Gasteiger partial charge in [-0.25, -0.2) is 0 Å². The van der Waals surface area contributed by atoms with Crippen LogP contribution in [0.4, 0.5) is 22.9 Å². The Hall–Kier alpha value is -3.68. The number of carbonyl (C=O) groups is 1. The Balaban J connectivity index is 1.87. The normalized spacial score (nSPS) is 10.4. The number of amides is 1. The Morgan fingerprint density at radius 3 is 2.50 bits per heavy atom. The average Bonchev–Trinajstić information content (AvgIpc) is 2.93. The summed E-state index contributed by atoms with van der Waals surface area (Å²) in [4.78, 5) is 23.3. The minimum absolute atomic E-state index is 0.178. The van der Waals surface area contributed by atoms with Crippen LogP contribution in [0.1, 0.15) is 16.1 Å². The van der Waals surface area contributed by atoms with Crippen molar-refractivity contribution in [2.24, 2.45) is 7.05 Å². The van der Waals surface area contributed by atoms with Crippen molar-refractivity contribution in [2.75, 3.05) is 10.6 Å². The molecule has 2 aromatic carbocycles. The summed E-state index contributed by atoms with van der Waals surface area (Å²) >= 11 is 0. The number of nitro benzene ring substituents is 1. The van der Waals surface area contributed by atoms with Crippen molar-refractivity contribution < 1.29 is 9.72 Å². The highest BCUT2D eigenvalue weighted by molar-refractivity contribution is 6.04. The van der Waals surface area contributed by atoms with Crippen LogP contribution in [0.25, 0.3) is 0 Å². The van der Waals surface area contributed by atoms with Gasteiger partial charge in [-0.3, -0.25) is 19.6 Å². The van der Waals surface area contributed by atoms with E-state index in [2.05, 4.69) is 15.7 Å². The largest absolute Gasteiger partial charge is 0.350 e. The molecular weight excluding hydrogens is 334 g/mol. The first-order valence-corrected chi connectivity index (χ1v) is 7.86. The molecule has 26 heavy (non-hydrogen) atoms. The highest BCUT2D eigenvalue weighted by Gasteiger charge is 2.18. The standard InChI is InChI=1S/C18H17N5O3/c1-12-10-17(22(2)21-12)20-18(24)13-8-9-15(16(11-13)23(25)26)19-14-6-4-3-5-7-14/h3-11,19H,1-2H3,(H,20,24). The van der Waals surface area contributed by atoms with Gasteiger partial charge in [0.2, 0.25) is 0 Å². The third-order valence-electron chi connectivity index (χ3n) is 3.75. The van der Waals surface area contributed by atoms with Gasteiger partial charge in [0.05, 0.1) is 10.6 Å². The average molecular weight is 351 g/mol. The number of hydrogen-bond acceptors (Lipinski definition) is 5. The number of aromatic nitrogens is 2. The van der Waals surface area contributed by atoms with Crippen molar-refractivity contribution in [3.05, 3.63) is 76.0 Å². The first-order chi connectivity index (χ1) is 12.4. The predicted molar refractivity (Wildman–Crippen MR) is 98.7 cm³/mol. The summed E-state index contributed by atoms with van der Waals surface area (Å²) in [5.41, 5.74) is 1.81. The van der Waals surface area contributed by atoms with Crippen molar-refractivity contribution in [1.29, 1.82) is 0 Å². The molecule has 2 N–H and O–H groups in total. The van der Waals surface area contributed by atoms with Gasteiger partial charge in [0.25, 0.3) is 11.6 Å². The van der Waals surface area contributed by atoms with E-state index in [9.17, 15) is 14.9 Å². The Kier molecular flexibility index (Phi) is 4.66. The monoisotopic (exact) mass is 351 g/mol. The lowest BCUT2D eigenvalue weighted by molar-refractivity contribution is -0.383. The molecule has 0 spiro atoms. The second kappa shape index (κ2) is 7.06. The van der Waals surface area contributed by atoms with Gasteiger partial charge < -0.3 is 10.6 Å². The number of rotatable bonds is 5. The third-order valence-corrected chi connectivity index (χ3v) is 3.75. The molecule has 132 valence electrons. The molecule has 0 saturated heterocycles. The molecule has 3 aromatic rings. The minimum atomic E-state index is -0.518. The summed E-state index contributed by atoms with van der Waals surface area (Å²) in [7, 11) is 1.71. The van der Waals surface area contributed by atoms with Crippen molar-refractivity contribution >= 4 is 28.8 Å². The molecule has 8 nitrogen and oxygen atoms in total. The summed E-state index contributed by atoms with van der Waals surface area (Å²) in [5, 5.41) is 21.3. The topological polar surface area (TPSA) is 102 Å². The van der Waals surface area contributed by atoms with E-state index in [-0.39, 0.29) is 11.3 Å². The fourth-order valence-electron chi connectivity index (χ4n) is 2.52. The van der Waals surface area contributed by atoms with Gasteiger partial charge in [0.1, 0.15) is 11.5 Å². The second-order valence-corrected chi connectivity index (χ2v) is 5.73. The van der Waals surface area contributed by atoms with Gasteiger partial charge in [-0.15, -0.1) is 0 Å². The second-order valence-electron chi connectivity index (χ2n) is 5.73. The number of nitrogens with one attached hydrogen (secondary N) is 2. The van der Waals surface area contributed by atoms with E-state index in [0.29, 0.717) is 11.5 Å². The molecule has 1 heterocycles. The minimum Gasteiger partial charge on any atom is -0.350 e. The van der Waals surface area contributed by atoms with Crippen molar-refractivity contribution in [3.8, 4) is 0 Å². The number of hydrogen-bond donors (Lipinski definition) is 2. The Bertz CT molecular complexity index is 966. The fourth-order valence-corrected chi connectivity index (χ4v) is 2.52. The molecular formula is C18H17N5O3. The van der Waals surface area contributed by atoms with Gasteiger partial charge >= 0.3 is 0 Å². The molecule has 0 aliphatic carbocycles. The summed E-state index contributed by atoms with van der Waals surface area (Å²) in [6, 6.07) is 15.1. The highest BCUT2D eigenvalue weighted by Crippen LogP contribution is 2.29. The van der Waals surface area contributed by atoms with E-state index < -0.39 is 10.8 Å². The number of benzene rings is 2. The van der Waals surface area contributed by atoms with Crippen LogP contribution in [-0.4, -0.2) is 20.6 Å². The van der Waals surface area contributed by atoms with Crippen molar-refractivity contribution in [2.45, 2.75) is 6.92 Å². The maximum absolute atomic E-state index is 12.4. The molecule has 0 bridgehead atoms. The van der Waals surface area contributed by atoms with Gasteiger partial charge in [0.15, 0.2) is 0 Å². The molecule has 0 unspecified atom stereocenters. The van der Waals surface area contributed by atoms with Crippen LogP contribution in [0.5, 0.6) is 0 Å². The number of aryl methyl sites for hydroxylation is 2. The molecule has 3 rings (SSSR count). The number of nitro groups is 1. The van der Waals surface area contributed by atoms with Crippen molar-refractivity contribution in [1.82, 2.24) is 9.78 Å². The molecule has 0 aliphatic rings. The quantitative estimate of drug-likeness (QED) is 0.540. The number of para-hydroxylation sites is 1. The lowest BCUT2D eigenvalue weighted by atomic mass is 10.1. The summed E-state index contributed by atoms with van der Waals surface area (Å²) in [5.74, 6) is 0.0731. The lowest BCUT2D eigenvalue weighted by Crippen LogP contribution is -2.15. The van der Waals surface area contributed by atoms with Crippen LogP contribution >= 0.6 is 0 Å². The molecule has 0 radical (unpaired) electrons. The van der Waals surface area contributed by atoms with Gasteiger partial charge in [-0.05, 0) is 31.2 Å². The summed E-state index contributed by atoms with van der Waals surface area (Å²) in [6.07, 6.45) is 0. The van der Waals surface area contributed by atoms with Gasteiger partial charge in [-0.2, -0.15) is 5.10 Å². The van der Waals surface area contributed by atoms with Gasteiger partial charge in [-0.1, -0.05) is 18.2 Å². The molecule has 0 atom stereocenters. The number of anilines is 3. The van der Waals surface area contributed by atoms with E-state index in [1.807, 2.05) is 25.1 Å². The predicted octanol–water partition coefficient (Wildman–Crippen LogP) is 3.63. The van der Waals surface area contributed by atoms with Crippen LogP contribution in [0.2, 0.25) is 0 Å². The molecule has 0 aliphatic heterocycles. The van der Waals surface area contributed by atoms with Crippen LogP contribution in [-0.2, 0) is 7.05 Å². The van der Waals surface area contributed by atoms with E-state index >= 15 is 0 Å². The smallest absolute Gasteiger partial charge is 0.293 e. The molecule has 0 saturated carbocycles. The van der Waals surface area contributed by atoms with Crippen LogP contribution in [0.15, 0.2) is 54.6 Å². The zero-order valence-corrected chi connectivity index (χ0v) is 14.3. The first-order valence-electron chi connectivity index (χ1n) is 7.86. The van der Waals surface area contributed by atoms with Gasteiger partial charge in [0, 0.05) is 30.4 Å². The fraction of sp³-hybridized carbons (Fsp3) is 0.111. The Morgan fingerprint density at radius 1 is 1.15 bits per heavy atom. The first kappa shape index (κ1) is 17.2. The molecule has 8 heteroatoms. The van der Waals surface area contributed by atoms with Crippen molar-refractivity contribution in [3.63, 3.8) is 0 Å². The third kappa shape index (κ3) is 3.69. The van der Waals surface area contributed by atoms with Crippen LogP contribution in [0.3, 0.4) is 0 Å². The number of nitrogens with zero attached hydrogens (tertiary/aromatic N) is 3. The lowest BCUT2D eigenvalue weighted by Gasteiger charge is -2.09. The Morgan fingerprint density at radius 2 is 1.88 bits per heavy atom. The maximum Gasteiger partial charge on any atom is 0.293 e. The molecule has 1 aromatic heterocycles. The Labute approximate surface area is 149 Å². The summed E-state index contributed by atoms with van der Waals surface area (Å²) < 4.78 is 1.53. The molecule has 0 fully saturated rings. The maximum atomic E-state index is 12.4. The highest BCUT2D eigenvalue weighted by atomic mass is 16.6. The van der Waals surface area contributed by atoms with Crippen LogP contribution < -0.4 is 10.6 Å². The van der Waals surface area contributed by atoms with E-state index in [0.717, 1.165) is 11.4 Å². The summed E-state index contributed by atoms with van der Waals surface area (Å²) in [6.45, 7) is 1.81. The van der Waals surface area contributed by atoms with E-state index in [4.69, 9.17) is 0 Å². The SMILES string of the molecule is Cc1cc(NC(=O)c2ccc(Nc3ccccc3)c([N+](=O)[O-])c2)n(C)n1.